The molecular formula is C15H14N2O3. The molecule has 5 heteroatoms. The molecule has 0 spiro atoms. The van der Waals surface area contributed by atoms with Crippen LogP contribution in [0.3, 0.4) is 0 Å². The third-order valence-electron chi connectivity index (χ3n) is 2.89. The van der Waals surface area contributed by atoms with E-state index in [1.54, 1.807) is 24.3 Å². The van der Waals surface area contributed by atoms with Gasteiger partial charge < -0.3 is 20.3 Å². The normalized spacial score (nSPS) is 9.80. The summed E-state index contributed by atoms with van der Waals surface area (Å²) in [5.74, 6) is 0.550. The van der Waals surface area contributed by atoms with E-state index >= 15 is 0 Å². The molecule has 0 radical (unpaired) electrons. The molecule has 0 saturated carbocycles. The molecular weight excluding hydrogens is 256 g/mol. The Labute approximate surface area is 116 Å². The Bertz CT molecular complexity index is 663. The van der Waals surface area contributed by atoms with Crippen LogP contribution in [0.2, 0.25) is 0 Å². The minimum Gasteiger partial charge on any atom is -0.508 e. The highest BCUT2D eigenvalue weighted by Gasteiger charge is 2.09. The number of nitrogens with zero attached hydrogens (tertiary/aromatic N) is 1. The number of anilines is 1. The first-order chi connectivity index (χ1) is 9.65. The van der Waals surface area contributed by atoms with E-state index in [-0.39, 0.29) is 11.5 Å². The molecule has 0 aliphatic heterocycles. The summed E-state index contributed by atoms with van der Waals surface area (Å²) in [5, 5.41) is 31.1. The quantitative estimate of drug-likeness (QED) is 0.795. The zero-order valence-electron chi connectivity index (χ0n) is 10.9. The van der Waals surface area contributed by atoms with E-state index in [0.29, 0.717) is 29.1 Å². The van der Waals surface area contributed by atoms with Gasteiger partial charge in [0.05, 0.1) is 18.4 Å². The van der Waals surface area contributed by atoms with Crippen LogP contribution in [-0.4, -0.2) is 17.3 Å². The van der Waals surface area contributed by atoms with Crippen LogP contribution in [0, 0.1) is 11.3 Å². The van der Waals surface area contributed by atoms with E-state index in [1.807, 2.05) is 0 Å². The lowest BCUT2D eigenvalue weighted by Crippen LogP contribution is -2.03. The SMILES string of the molecule is COc1cccc(C#N)c1NCc1ccc(O)cc1O. The molecule has 0 amide bonds. The Balaban J connectivity index is 2.25. The standard InChI is InChI=1S/C15H14N2O3/c1-20-14-4-2-3-10(8-16)15(14)17-9-11-5-6-12(18)7-13(11)19/h2-7,17-19H,9H2,1H3. The van der Waals surface area contributed by atoms with Gasteiger partial charge in [0.15, 0.2) is 0 Å². The van der Waals surface area contributed by atoms with E-state index in [0.717, 1.165) is 0 Å². The van der Waals surface area contributed by atoms with Crippen LogP contribution in [0.5, 0.6) is 17.2 Å². The van der Waals surface area contributed by atoms with Crippen molar-refractivity contribution in [2.24, 2.45) is 0 Å². The number of ether oxygens (including phenoxy) is 1. The van der Waals surface area contributed by atoms with Crippen LogP contribution >= 0.6 is 0 Å². The molecule has 2 aromatic rings. The molecule has 2 rings (SSSR count). The van der Waals surface area contributed by atoms with Crippen molar-refractivity contribution in [1.82, 2.24) is 0 Å². The average molecular weight is 270 g/mol. The second-order valence-corrected chi connectivity index (χ2v) is 4.16. The number of para-hydroxylation sites is 1. The molecule has 0 bridgehead atoms. The number of rotatable bonds is 4. The molecule has 2 aromatic carbocycles. The van der Waals surface area contributed by atoms with E-state index in [1.165, 1.54) is 19.2 Å². The van der Waals surface area contributed by atoms with Gasteiger partial charge in [-0.3, -0.25) is 0 Å². The maximum Gasteiger partial charge on any atom is 0.143 e. The Hall–Kier alpha value is -2.87. The zero-order valence-corrected chi connectivity index (χ0v) is 10.9. The third kappa shape index (κ3) is 2.75. The van der Waals surface area contributed by atoms with Crippen molar-refractivity contribution in [1.29, 1.82) is 5.26 Å². The molecule has 0 atom stereocenters. The van der Waals surface area contributed by atoms with Crippen LogP contribution in [0.15, 0.2) is 36.4 Å². The number of phenolic OH excluding ortho intramolecular Hbond substituents is 2. The highest BCUT2D eigenvalue weighted by atomic mass is 16.5. The number of nitrogens with one attached hydrogen (secondary N) is 1. The molecule has 0 aliphatic carbocycles. The number of nitriles is 1. The fraction of sp³-hybridized carbons (Fsp3) is 0.133. The van der Waals surface area contributed by atoms with Crippen molar-refractivity contribution in [3.63, 3.8) is 0 Å². The summed E-state index contributed by atoms with van der Waals surface area (Å²) in [5.41, 5.74) is 1.64. The molecule has 5 nitrogen and oxygen atoms in total. The topological polar surface area (TPSA) is 85.5 Å². The van der Waals surface area contributed by atoms with E-state index in [9.17, 15) is 10.2 Å². The van der Waals surface area contributed by atoms with Gasteiger partial charge in [-0.2, -0.15) is 5.26 Å². The lowest BCUT2D eigenvalue weighted by Gasteiger charge is -2.13. The van der Waals surface area contributed by atoms with E-state index in [2.05, 4.69) is 11.4 Å². The average Bonchev–Trinajstić information content (AvgIpc) is 2.46. The minimum atomic E-state index is -0.00842. The lowest BCUT2D eigenvalue weighted by atomic mass is 10.1. The number of phenols is 2. The Kier molecular flexibility index (Phi) is 3.96. The van der Waals surface area contributed by atoms with Gasteiger partial charge in [0.25, 0.3) is 0 Å². The number of hydrogen-bond donors (Lipinski definition) is 3. The molecule has 0 heterocycles. The number of hydrogen-bond acceptors (Lipinski definition) is 5. The fourth-order valence-electron chi connectivity index (χ4n) is 1.86. The first-order valence-corrected chi connectivity index (χ1v) is 5.97. The maximum atomic E-state index is 9.73. The molecule has 102 valence electrons. The summed E-state index contributed by atoms with van der Waals surface area (Å²) in [6.07, 6.45) is 0. The third-order valence-corrected chi connectivity index (χ3v) is 2.89. The van der Waals surface area contributed by atoms with Crippen molar-refractivity contribution in [2.75, 3.05) is 12.4 Å². The summed E-state index contributed by atoms with van der Waals surface area (Å²) < 4.78 is 5.21. The van der Waals surface area contributed by atoms with Gasteiger partial charge in [0.2, 0.25) is 0 Å². The smallest absolute Gasteiger partial charge is 0.143 e. The maximum absolute atomic E-state index is 9.73. The lowest BCUT2D eigenvalue weighted by molar-refractivity contribution is 0.416. The van der Waals surface area contributed by atoms with Crippen molar-refractivity contribution < 1.29 is 14.9 Å². The predicted molar refractivity (Wildman–Crippen MR) is 74.8 cm³/mol. The molecule has 20 heavy (non-hydrogen) atoms. The molecule has 0 aromatic heterocycles. The summed E-state index contributed by atoms with van der Waals surface area (Å²) >= 11 is 0. The Morgan fingerprint density at radius 1 is 1.25 bits per heavy atom. The summed E-state index contributed by atoms with van der Waals surface area (Å²) in [7, 11) is 1.53. The van der Waals surface area contributed by atoms with Crippen molar-refractivity contribution in [3.05, 3.63) is 47.5 Å². The first kappa shape index (κ1) is 13.6. The van der Waals surface area contributed by atoms with Crippen molar-refractivity contribution in [3.8, 4) is 23.3 Å². The molecule has 3 N–H and O–H groups in total. The minimum absolute atomic E-state index is 0.00116. The van der Waals surface area contributed by atoms with Crippen LogP contribution in [0.1, 0.15) is 11.1 Å². The van der Waals surface area contributed by atoms with Crippen molar-refractivity contribution in [2.45, 2.75) is 6.54 Å². The van der Waals surface area contributed by atoms with E-state index in [4.69, 9.17) is 10.00 Å². The van der Waals surface area contributed by atoms with Crippen LogP contribution in [0.4, 0.5) is 5.69 Å². The van der Waals surface area contributed by atoms with Gasteiger partial charge >= 0.3 is 0 Å². The number of methoxy groups -OCH3 is 1. The van der Waals surface area contributed by atoms with Crippen LogP contribution in [0.25, 0.3) is 0 Å². The Morgan fingerprint density at radius 2 is 2.05 bits per heavy atom. The summed E-state index contributed by atoms with van der Waals surface area (Å²) in [4.78, 5) is 0. The number of aromatic hydroxyl groups is 2. The monoisotopic (exact) mass is 270 g/mol. The molecule has 0 aliphatic rings. The van der Waals surface area contributed by atoms with Crippen LogP contribution < -0.4 is 10.1 Å². The Morgan fingerprint density at radius 3 is 2.70 bits per heavy atom. The predicted octanol–water partition coefficient (Wildman–Crippen LogP) is 2.59. The molecule has 0 fully saturated rings. The van der Waals surface area contributed by atoms with Crippen LogP contribution in [-0.2, 0) is 6.54 Å². The largest absolute Gasteiger partial charge is 0.508 e. The highest BCUT2D eigenvalue weighted by Crippen LogP contribution is 2.30. The van der Waals surface area contributed by atoms with Gasteiger partial charge in [-0.15, -0.1) is 0 Å². The summed E-state index contributed by atoms with van der Waals surface area (Å²) in [6, 6.07) is 11.6. The van der Waals surface area contributed by atoms with E-state index < -0.39 is 0 Å². The second-order valence-electron chi connectivity index (χ2n) is 4.16. The van der Waals surface area contributed by atoms with Gasteiger partial charge in [0.1, 0.15) is 23.3 Å². The van der Waals surface area contributed by atoms with Gasteiger partial charge in [-0.05, 0) is 24.3 Å². The van der Waals surface area contributed by atoms with Gasteiger partial charge in [-0.1, -0.05) is 6.07 Å². The van der Waals surface area contributed by atoms with Crippen molar-refractivity contribution >= 4 is 5.69 Å². The second kappa shape index (κ2) is 5.85. The fourth-order valence-corrected chi connectivity index (χ4v) is 1.86. The first-order valence-electron chi connectivity index (χ1n) is 5.97. The molecule has 0 unspecified atom stereocenters. The number of benzene rings is 2. The van der Waals surface area contributed by atoms with Gasteiger partial charge in [-0.25, -0.2) is 0 Å². The summed E-state index contributed by atoms with van der Waals surface area (Å²) in [6.45, 7) is 0.307. The zero-order chi connectivity index (χ0) is 14.5. The van der Waals surface area contributed by atoms with Gasteiger partial charge in [0, 0.05) is 18.2 Å². The molecule has 0 saturated heterocycles. The highest BCUT2D eigenvalue weighted by molar-refractivity contribution is 5.66.